The largest absolute Gasteiger partial charge is 0.344 e. The van der Waals surface area contributed by atoms with Crippen molar-refractivity contribution in [1.82, 2.24) is 10.7 Å². The van der Waals surface area contributed by atoms with Crippen molar-refractivity contribution in [2.45, 2.75) is 12.7 Å². The summed E-state index contributed by atoms with van der Waals surface area (Å²) in [5.41, 5.74) is 5.52. The van der Waals surface area contributed by atoms with E-state index in [1.807, 2.05) is 0 Å². The Morgan fingerprint density at radius 1 is 1.18 bits per heavy atom. The molecule has 5 nitrogen and oxygen atoms in total. The molecule has 0 aliphatic carbocycles. The molecule has 0 amide bonds. The topological polar surface area (TPSA) is 74.5 Å². The Bertz CT molecular complexity index is 963. The molecule has 1 aliphatic rings. The van der Waals surface area contributed by atoms with Gasteiger partial charge in [0, 0.05) is 17.5 Å². The number of nitrogens with one attached hydrogen (secondary N) is 3. The van der Waals surface area contributed by atoms with E-state index in [-0.39, 0.29) is 11.6 Å². The Hall–Kier alpha value is -3.45. The molecule has 0 spiro atoms. The van der Waals surface area contributed by atoms with Crippen LogP contribution in [0.25, 0.3) is 5.70 Å². The SMILES string of the molecule is C=C/C(C1=CC=NC(C)(Nc2ccccc2F)N1)=C(\NN)c1ccc(F)cc1. The van der Waals surface area contributed by atoms with Gasteiger partial charge in [-0.05, 0) is 55.0 Å². The number of benzene rings is 2. The summed E-state index contributed by atoms with van der Waals surface area (Å²) in [4.78, 5) is 4.39. The molecule has 0 bridgehead atoms. The molecule has 0 aromatic heterocycles. The number of allylic oxidation sites excluding steroid dienone is 2. The maximum absolute atomic E-state index is 14.0. The van der Waals surface area contributed by atoms with Gasteiger partial charge >= 0.3 is 0 Å². The summed E-state index contributed by atoms with van der Waals surface area (Å²) in [6, 6.07) is 12.3. The smallest absolute Gasteiger partial charge is 0.202 e. The molecule has 0 fully saturated rings. The van der Waals surface area contributed by atoms with Crippen molar-refractivity contribution in [2.75, 3.05) is 5.32 Å². The standard InChI is InChI=1S/C21H21F2N5/c1-3-16(20(28-24)14-8-10-15(22)11-9-14)18-12-13-25-21(2,26-18)27-19-7-5-4-6-17(19)23/h3-13,26-28H,1,24H2,2H3/b20-16+. The lowest BCUT2D eigenvalue weighted by molar-refractivity contribution is 0.462. The Kier molecular flexibility index (Phi) is 5.56. The zero-order chi connectivity index (χ0) is 20.1. The van der Waals surface area contributed by atoms with Gasteiger partial charge in [-0.2, -0.15) is 0 Å². The van der Waals surface area contributed by atoms with Gasteiger partial charge < -0.3 is 16.1 Å². The first-order valence-corrected chi connectivity index (χ1v) is 8.62. The van der Waals surface area contributed by atoms with Crippen LogP contribution in [0.4, 0.5) is 14.5 Å². The van der Waals surface area contributed by atoms with Gasteiger partial charge in [0.1, 0.15) is 11.6 Å². The van der Waals surface area contributed by atoms with E-state index >= 15 is 0 Å². The predicted molar refractivity (Wildman–Crippen MR) is 109 cm³/mol. The number of hydrazine groups is 1. The van der Waals surface area contributed by atoms with Crippen LogP contribution >= 0.6 is 0 Å². The lowest BCUT2D eigenvalue weighted by Gasteiger charge is -2.34. The molecule has 5 N–H and O–H groups in total. The lowest BCUT2D eigenvalue weighted by atomic mass is 10.0. The number of hydrogen-bond donors (Lipinski definition) is 4. The maximum Gasteiger partial charge on any atom is 0.202 e. The summed E-state index contributed by atoms with van der Waals surface area (Å²) >= 11 is 0. The van der Waals surface area contributed by atoms with Gasteiger partial charge in [-0.1, -0.05) is 24.8 Å². The molecule has 2 aromatic rings. The number of nitrogens with zero attached hydrogens (tertiary/aromatic N) is 1. The number of aliphatic imine (C=N–C) groups is 1. The Labute approximate surface area is 162 Å². The Morgan fingerprint density at radius 2 is 1.89 bits per heavy atom. The third-order valence-electron chi connectivity index (χ3n) is 4.24. The second-order valence-electron chi connectivity index (χ2n) is 6.30. The van der Waals surface area contributed by atoms with Crippen molar-refractivity contribution in [3.05, 3.63) is 95.7 Å². The second kappa shape index (κ2) is 8.06. The fourth-order valence-electron chi connectivity index (χ4n) is 2.92. The van der Waals surface area contributed by atoms with Crippen LogP contribution in [-0.2, 0) is 0 Å². The maximum atomic E-state index is 14.0. The summed E-state index contributed by atoms with van der Waals surface area (Å²) in [6.07, 6.45) is 4.99. The van der Waals surface area contributed by atoms with Crippen LogP contribution in [0.3, 0.4) is 0 Å². The van der Waals surface area contributed by atoms with Crippen molar-refractivity contribution in [2.24, 2.45) is 10.8 Å². The van der Waals surface area contributed by atoms with Gasteiger partial charge in [0.15, 0.2) is 0 Å². The third kappa shape index (κ3) is 4.10. The van der Waals surface area contributed by atoms with Crippen molar-refractivity contribution in [3.8, 4) is 0 Å². The third-order valence-corrected chi connectivity index (χ3v) is 4.24. The van der Waals surface area contributed by atoms with Crippen LogP contribution in [0.2, 0.25) is 0 Å². The van der Waals surface area contributed by atoms with Crippen molar-refractivity contribution in [1.29, 1.82) is 0 Å². The van der Waals surface area contributed by atoms with Gasteiger partial charge in [-0.25, -0.2) is 13.8 Å². The molecular formula is C21H21F2N5. The zero-order valence-corrected chi connectivity index (χ0v) is 15.3. The number of halogens is 2. The molecule has 0 saturated carbocycles. The molecule has 1 aliphatic heterocycles. The first-order chi connectivity index (χ1) is 13.5. The second-order valence-corrected chi connectivity index (χ2v) is 6.30. The van der Waals surface area contributed by atoms with Crippen LogP contribution < -0.4 is 21.9 Å². The van der Waals surface area contributed by atoms with E-state index in [0.717, 1.165) is 0 Å². The fourth-order valence-corrected chi connectivity index (χ4v) is 2.92. The number of anilines is 1. The molecule has 28 heavy (non-hydrogen) atoms. The minimum atomic E-state index is -0.997. The number of nitrogens with two attached hydrogens (primary N) is 1. The van der Waals surface area contributed by atoms with Crippen molar-refractivity contribution in [3.63, 3.8) is 0 Å². The first-order valence-electron chi connectivity index (χ1n) is 8.62. The monoisotopic (exact) mass is 381 g/mol. The molecular weight excluding hydrogens is 360 g/mol. The summed E-state index contributed by atoms with van der Waals surface area (Å²) in [5, 5.41) is 6.29. The van der Waals surface area contributed by atoms with E-state index < -0.39 is 5.79 Å². The molecule has 7 heteroatoms. The van der Waals surface area contributed by atoms with E-state index in [2.05, 4.69) is 27.6 Å². The molecule has 0 radical (unpaired) electrons. The summed E-state index contributed by atoms with van der Waals surface area (Å²) < 4.78 is 27.3. The van der Waals surface area contributed by atoms with E-state index in [1.165, 1.54) is 18.2 Å². The first kappa shape index (κ1) is 19.3. The molecule has 3 rings (SSSR count). The van der Waals surface area contributed by atoms with Gasteiger partial charge in [-0.15, -0.1) is 0 Å². The average molecular weight is 381 g/mol. The molecule has 0 saturated heterocycles. The fraction of sp³-hybridized carbons (Fsp3) is 0.0952. The average Bonchev–Trinajstić information content (AvgIpc) is 2.68. The van der Waals surface area contributed by atoms with Gasteiger partial charge in [0.2, 0.25) is 5.79 Å². The molecule has 2 aromatic carbocycles. The molecule has 1 unspecified atom stereocenters. The summed E-state index contributed by atoms with van der Waals surface area (Å²) in [7, 11) is 0. The normalized spacial score (nSPS) is 19.2. The van der Waals surface area contributed by atoms with Crippen LogP contribution in [0.5, 0.6) is 0 Å². The van der Waals surface area contributed by atoms with E-state index in [0.29, 0.717) is 28.2 Å². The highest BCUT2D eigenvalue weighted by Gasteiger charge is 2.27. The summed E-state index contributed by atoms with van der Waals surface area (Å²) in [5.74, 6) is 4.01. The Balaban J connectivity index is 1.94. The highest BCUT2D eigenvalue weighted by atomic mass is 19.1. The predicted octanol–water partition coefficient (Wildman–Crippen LogP) is 3.67. The minimum Gasteiger partial charge on any atom is -0.344 e. The van der Waals surface area contributed by atoms with E-state index in [9.17, 15) is 8.78 Å². The van der Waals surface area contributed by atoms with Crippen LogP contribution in [0.15, 0.2) is 83.5 Å². The van der Waals surface area contributed by atoms with Gasteiger partial charge in [0.05, 0.1) is 11.4 Å². The molecule has 1 atom stereocenters. The van der Waals surface area contributed by atoms with Crippen LogP contribution in [0.1, 0.15) is 12.5 Å². The lowest BCUT2D eigenvalue weighted by Crippen LogP contribution is -2.49. The van der Waals surface area contributed by atoms with Crippen molar-refractivity contribution < 1.29 is 8.78 Å². The highest BCUT2D eigenvalue weighted by molar-refractivity contribution is 5.80. The van der Waals surface area contributed by atoms with Gasteiger partial charge in [-0.3, -0.25) is 5.84 Å². The van der Waals surface area contributed by atoms with E-state index in [4.69, 9.17) is 5.84 Å². The quantitative estimate of drug-likeness (QED) is 0.350. The highest BCUT2D eigenvalue weighted by Crippen LogP contribution is 2.26. The minimum absolute atomic E-state index is 0.316. The zero-order valence-electron chi connectivity index (χ0n) is 15.3. The number of rotatable bonds is 6. The van der Waals surface area contributed by atoms with E-state index in [1.54, 1.807) is 55.6 Å². The van der Waals surface area contributed by atoms with Crippen LogP contribution in [-0.4, -0.2) is 12.0 Å². The summed E-state index contributed by atoms with van der Waals surface area (Å²) in [6.45, 7) is 5.64. The van der Waals surface area contributed by atoms with Gasteiger partial charge in [0.25, 0.3) is 0 Å². The Morgan fingerprint density at radius 3 is 2.54 bits per heavy atom. The van der Waals surface area contributed by atoms with Crippen LogP contribution in [0, 0.1) is 11.6 Å². The molecule has 1 heterocycles. The molecule has 144 valence electrons. The number of hydrogen-bond acceptors (Lipinski definition) is 5. The number of para-hydroxylation sites is 1. The van der Waals surface area contributed by atoms with Crippen molar-refractivity contribution >= 4 is 17.6 Å².